The number of benzene rings is 1. The van der Waals surface area contributed by atoms with E-state index in [1.54, 1.807) is 18.2 Å². The largest absolute Gasteiger partial charge is 0.478 e. The van der Waals surface area contributed by atoms with E-state index in [0.717, 1.165) is 0 Å². The summed E-state index contributed by atoms with van der Waals surface area (Å²) in [5, 5.41) is 11.6. The summed E-state index contributed by atoms with van der Waals surface area (Å²) in [7, 11) is 0. The molecular weight excluding hydrogens is 268 g/mol. The highest BCUT2D eigenvalue weighted by molar-refractivity contribution is 6.33. The molecule has 2 N–H and O–H groups in total. The Morgan fingerprint density at radius 2 is 2.00 bits per heavy atom. The molecule has 0 spiro atoms. The second-order valence-electron chi connectivity index (χ2n) is 3.67. The molecule has 0 saturated heterocycles. The third-order valence-electron chi connectivity index (χ3n) is 2.35. The molecule has 2 aromatic rings. The normalized spacial score (nSPS) is 9.95. The molecule has 0 bridgehead atoms. The summed E-state index contributed by atoms with van der Waals surface area (Å²) in [5.74, 6) is -1.57. The van der Waals surface area contributed by atoms with E-state index >= 15 is 0 Å². The van der Waals surface area contributed by atoms with Crippen LogP contribution in [0.15, 0.2) is 42.6 Å². The van der Waals surface area contributed by atoms with Gasteiger partial charge in [0.15, 0.2) is 0 Å². The number of aromatic nitrogens is 1. The maximum atomic E-state index is 11.8. The zero-order chi connectivity index (χ0) is 13.8. The van der Waals surface area contributed by atoms with Crippen molar-refractivity contribution in [2.75, 3.05) is 5.32 Å². The molecular formula is C13H9ClN2O3. The lowest BCUT2D eigenvalue weighted by Crippen LogP contribution is -2.13. The van der Waals surface area contributed by atoms with E-state index in [9.17, 15) is 9.59 Å². The third kappa shape index (κ3) is 3.08. The standard InChI is InChI=1S/C13H9ClN2O3/c14-10-5-4-8(7-9(10)13(18)19)16-12(17)11-3-1-2-6-15-11/h1-7H,(H,16,17)(H,18,19). The number of carboxylic acid groups (broad SMARTS) is 1. The Bertz CT molecular complexity index is 629. The number of anilines is 1. The van der Waals surface area contributed by atoms with Crippen molar-refractivity contribution in [1.82, 2.24) is 4.98 Å². The Hall–Kier alpha value is -2.40. The van der Waals surface area contributed by atoms with E-state index in [0.29, 0.717) is 5.69 Å². The highest BCUT2D eigenvalue weighted by Crippen LogP contribution is 2.20. The second-order valence-corrected chi connectivity index (χ2v) is 4.08. The van der Waals surface area contributed by atoms with Crippen molar-refractivity contribution in [3.8, 4) is 0 Å². The Kier molecular flexibility index (Phi) is 3.77. The number of hydrogen-bond donors (Lipinski definition) is 2. The van der Waals surface area contributed by atoms with Crippen molar-refractivity contribution in [2.24, 2.45) is 0 Å². The molecule has 0 aliphatic carbocycles. The topological polar surface area (TPSA) is 79.3 Å². The third-order valence-corrected chi connectivity index (χ3v) is 2.68. The molecule has 0 aliphatic heterocycles. The van der Waals surface area contributed by atoms with Gasteiger partial charge in [-0.1, -0.05) is 17.7 Å². The van der Waals surface area contributed by atoms with E-state index in [-0.39, 0.29) is 16.3 Å². The summed E-state index contributed by atoms with van der Waals surface area (Å²) >= 11 is 5.74. The monoisotopic (exact) mass is 276 g/mol. The number of carbonyl (C=O) groups excluding carboxylic acids is 1. The first-order valence-corrected chi connectivity index (χ1v) is 5.71. The van der Waals surface area contributed by atoms with Gasteiger partial charge in [0, 0.05) is 11.9 Å². The first-order chi connectivity index (χ1) is 9.08. The average molecular weight is 277 g/mol. The minimum atomic E-state index is -1.15. The molecule has 1 amide bonds. The zero-order valence-corrected chi connectivity index (χ0v) is 10.4. The van der Waals surface area contributed by atoms with E-state index in [4.69, 9.17) is 16.7 Å². The van der Waals surface area contributed by atoms with Crippen LogP contribution in [0.2, 0.25) is 5.02 Å². The number of carboxylic acids is 1. The first kappa shape index (κ1) is 13.0. The van der Waals surface area contributed by atoms with E-state index in [1.165, 1.54) is 24.4 Å². The molecule has 1 aromatic heterocycles. The van der Waals surface area contributed by atoms with Crippen LogP contribution in [0.3, 0.4) is 0 Å². The highest BCUT2D eigenvalue weighted by atomic mass is 35.5. The Morgan fingerprint density at radius 3 is 2.63 bits per heavy atom. The maximum Gasteiger partial charge on any atom is 0.337 e. The molecule has 5 nitrogen and oxygen atoms in total. The fraction of sp³-hybridized carbons (Fsp3) is 0. The number of nitrogens with one attached hydrogen (secondary N) is 1. The van der Waals surface area contributed by atoms with Crippen molar-refractivity contribution in [3.63, 3.8) is 0 Å². The van der Waals surface area contributed by atoms with Gasteiger partial charge < -0.3 is 10.4 Å². The fourth-order valence-electron chi connectivity index (χ4n) is 1.46. The molecule has 0 radical (unpaired) electrons. The molecule has 0 fully saturated rings. The number of rotatable bonds is 3. The molecule has 19 heavy (non-hydrogen) atoms. The Labute approximate surface area is 113 Å². The van der Waals surface area contributed by atoms with Gasteiger partial charge in [-0.3, -0.25) is 9.78 Å². The summed E-state index contributed by atoms with van der Waals surface area (Å²) in [5.41, 5.74) is 0.521. The molecule has 2 rings (SSSR count). The van der Waals surface area contributed by atoms with Crippen molar-refractivity contribution in [2.45, 2.75) is 0 Å². The summed E-state index contributed by atoms with van der Waals surface area (Å²) < 4.78 is 0. The van der Waals surface area contributed by atoms with Crippen LogP contribution >= 0.6 is 11.6 Å². The SMILES string of the molecule is O=C(Nc1ccc(Cl)c(C(=O)O)c1)c1ccccn1. The van der Waals surface area contributed by atoms with E-state index < -0.39 is 11.9 Å². The molecule has 0 aliphatic rings. The lowest BCUT2D eigenvalue weighted by molar-refractivity contribution is 0.0696. The summed E-state index contributed by atoms with van der Waals surface area (Å²) in [6, 6.07) is 9.18. The number of pyridine rings is 1. The van der Waals surface area contributed by atoms with Gasteiger partial charge in [0.25, 0.3) is 5.91 Å². The number of carbonyl (C=O) groups is 2. The van der Waals surface area contributed by atoms with Crippen molar-refractivity contribution >= 4 is 29.2 Å². The van der Waals surface area contributed by atoms with Crippen LogP contribution < -0.4 is 5.32 Å². The molecule has 0 atom stereocenters. The predicted octanol–water partition coefficient (Wildman–Crippen LogP) is 2.69. The number of hydrogen-bond acceptors (Lipinski definition) is 3. The quantitative estimate of drug-likeness (QED) is 0.903. The molecule has 1 aromatic carbocycles. The van der Waals surface area contributed by atoms with Gasteiger partial charge in [0.05, 0.1) is 10.6 Å². The fourth-order valence-corrected chi connectivity index (χ4v) is 1.66. The highest BCUT2D eigenvalue weighted by Gasteiger charge is 2.12. The van der Waals surface area contributed by atoms with Crippen LogP contribution in [0.5, 0.6) is 0 Å². The van der Waals surface area contributed by atoms with Gasteiger partial charge in [0.2, 0.25) is 0 Å². The molecule has 96 valence electrons. The molecule has 0 unspecified atom stereocenters. The van der Waals surface area contributed by atoms with Crippen molar-refractivity contribution in [1.29, 1.82) is 0 Å². The van der Waals surface area contributed by atoms with Crippen LogP contribution in [0.1, 0.15) is 20.8 Å². The minimum absolute atomic E-state index is 0.0690. The second kappa shape index (κ2) is 5.49. The maximum absolute atomic E-state index is 11.8. The minimum Gasteiger partial charge on any atom is -0.478 e. The smallest absolute Gasteiger partial charge is 0.337 e. The summed E-state index contributed by atoms with van der Waals surface area (Å²) in [6.07, 6.45) is 1.50. The zero-order valence-electron chi connectivity index (χ0n) is 9.63. The van der Waals surface area contributed by atoms with Crippen LogP contribution in [-0.2, 0) is 0 Å². The van der Waals surface area contributed by atoms with Crippen LogP contribution in [0.25, 0.3) is 0 Å². The first-order valence-electron chi connectivity index (χ1n) is 5.33. The molecule has 0 saturated carbocycles. The Morgan fingerprint density at radius 1 is 1.21 bits per heavy atom. The lowest BCUT2D eigenvalue weighted by atomic mass is 10.2. The molecule has 1 heterocycles. The number of halogens is 1. The molecule has 6 heteroatoms. The van der Waals surface area contributed by atoms with Crippen molar-refractivity contribution in [3.05, 3.63) is 58.9 Å². The summed E-state index contributed by atoms with van der Waals surface area (Å²) in [6.45, 7) is 0. The van der Waals surface area contributed by atoms with Gasteiger partial charge >= 0.3 is 5.97 Å². The number of nitrogens with zero attached hydrogens (tertiary/aromatic N) is 1. The van der Waals surface area contributed by atoms with Crippen LogP contribution in [0.4, 0.5) is 5.69 Å². The van der Waals surface area contributed by atoms with Gasteiger partial charge in [-0.05, 0) is 30.3 Å². The number of aromatic carboxylic acids is 1. The van der Waals surface area contributed by atoms with E-state index in [1.807, 2.05) is 0 Å². The van der Waals surface area contributed by atoms with Crippen LogP contribution in [0, 0.1) is 0 Å². The van der Waals surface area contributed by atoms with Gasteiger partial charge in [-0.2, -0.15) is 0 Å². The van der Waals surface area contributed by atoms with E-state index in [2.05, 4.69) is 10.3 Å². The van der Waals surface area contributed by atoms with Gasteiger partial charge in [0.1, 0.15) is 5.69 Å². The van der Waals surface area contributed by atoms with Crippen LogP contribution in [-0.4, -0.2) is 22.0 Å². The average Bonchev–Trinajstić information content (AvgIpc) is 2.41. The predicted molar refractivity (Wildman–Crippen MR) is 70.6 cm³/mol. The summed E-state index contributed by atoms with van der Waals surface area (Å²) in [4.78, 5) is 26.6. The Balaban J connectivity index is 2.23. The van der Waals surface area contributed by atoms with Gasteiger partial charge in [-0.15, -0.1) is 0 Å². The number of amides is 1. The lowest BCUT2D eigenvalue weighted by Gasteiger charge is -2.06. The van der Waals surface area contributed by atoms with Crippen molar-refractivity contribution < 1.29 is 14.7 Å². The van der Waals surface area contributed by atoms with Gasteiger partial charge in [-0.25, -0.2) is 4.79 Å².